The molecule has 0 aromatic heterocycles. The van der Waals surface area contributed by atoms with E-state index in [1.165, 1.54) is 11.0 Å². The van der Waals surface area contributed by atoms with E-state index in [0.29, 0.717) is 23.0 Å². The Bertz CT molecular complexity index is 1140. The predicted octanol–water partition coefficient (Wildman–Crippen LogP) is 6.23. The van der Waals surface area contributed by atoms with Gasteiger partial charge in [-0.2, -0.15) is 0 Å². The number of halogens is 3. The molecule has 0 aliphatic heterocycles. The number of hydrogen-bond donors (Lipinski definition) is 1. The first kappa shape index (κ1) is 26.7. The van der Waals surface area contributed by atoms with Crippen molar-refractivity contribution in [2.24, 2.45) is 0 Å². The number of nitrogens with one attached hydrogen (secondary N) is 1. The molecule has 4 nitrogen and oxygen atoms in total. The van der Waals surface area contributed by atoms with Gasteiger partial charge in [0.25, 0.3) is 0 Å². The third kappa shape index (κ3) is 7.81. The van der Waals surface area contributed by atoms with E-state index in [1.807, 2.05) is 37.3 Å². The molecule has 3 rings (SSSR count). The van der Waals surface area contributed by atoms with E-state index in [1.54, 1.807) is 36.4 Å². The lowest BCUT2D eigenvalue weighted by Crippen LogP contribution is -2.51. The zero-order valence-corrected chi connectivity index (χ0v) is 21.2. The predicted molar refractivity (Wildman–Crippen MR) is 139 cm³/mol. The van der Waals surface area contributed by atoms with Gasteiger partial charge in [-0.3, -0.25) is 9.59 Å². The van der Waals surface area contributed by atoms with Gasteiger partial charge >= 0.3 is 0 Å². The lowest BCUT2D eigenvalue weighted by atomic mass is 10.0. The minimum Gasteiger partial charge on any atom is -0.354 e. The second-order valence-electron chi connectivity index (χ2n) is 8.39. The van der Waals surface area contributed by atoms with Crippen LogP contribution in [0, 0.1) is 5.82 Å². The van der Waals surface area contributed by atoms with Crippen molar-refractivity contribution >= 4 is 35.0 Å². The van der Waals surface area contributed by atoms with E-state index in [2.05, 4.69) is 5.32 Å². The van der Waals surface area contributed by atoms with Crippen LogP contribution in [0.4, 0.5) is 4.39 Å². The van der Waals surface area contributed by atoms with Crippen LogP contribution in [0.15, 0.2) is 72.8 Å². The normalized spacial score (nSPS) is 11.7. The lowest BCUT2D eigenvalue weighted by molar-refractivity contribution is -0.140. The van der Waals surface area contributed by atoms with Crippen molar-refractivity contribution < 1.29 is 14.0 Å². The van der Waals surface area contributed by atoms with E-state index in [-0.39, 0.29) is 30.3 Å². The van der Waals surface area contributed by atoms with Crippen LogP contribution in [-0.4, -0.2) is 29.3 Å². The number of unbranched alkanes of at least 4 members (excludes halogenated alkanes) is 1. The molecule has 0 radical (unpaired) electrons. The molecule has 0 heterocycles. The highest BCUT2D eigenvalue weighted by molar-refractivity contribution is 6.42. The highest BCUT2D eigenvalue weighted by Crippen LogP contribution is 2.25. The minimum absolute atomic E-state index is 0.128. The Balaban J connectivity index is 1.97. The maximum atomic E-state index is 14.4. The van der Waals surface area contributed by atoms with E-state index in [4.69, 9.17) is 23.2 Å². The van der Waals surface area contributed by atoms with E-state index in [0.717, 1.165) is 24.0 Å². The Morgan fingerprint density at radius 3 is 2.34 bits per heavy atom. The number of amides is 2. The summed E-state index contributed by atoms with van der Waals surface area (Å²) in [7, 11) is 0. The van der Waals surface area contributed by atoms with Gasteiger partial charge in [-0.25, -0.2) is 4.39 Å². The quantitative estimate of drug-likeness (QED) is 0.308. The van der Waals surface area contributed by atoms with Crippen LogP contribution in [0.3, 0.4) is 0 Å². The summed E-state index contributed by atoms with van der Waals surface area (Å²) in [5, 5.41) is 3.73. The van der Waals surface area contributed by atoms with Crippen LogP contribution < -0.4 is 5.32 Å². The van der Waals surface area contributed by atoms with E-state index in [9.17, 15) is 14.0 Å². The summed E-state index contributed by atoms with van der Waals surface area (Å²) >= 11 is 12.3. The second kappa shape index (κ2) is 13.3. The van der Waals surface area contributed by atoms with Gasteiger partial charge in [0.1, 0.15) is 11.9 Å². The molecule has 0 aliphatic carbocycles. The fraction of sp³-hybridized carbons (Fsp3) is 0.286. The number of benzene rings is 3. The molecule has 3 aromatic rings. The van der Waals surface area contributed by atoms with Crippen LogP contribution >= 0.6 is 23.2 Å². The molecule has 1 atom stereocenters. The van der Waals surface area contributed by atoms with Crippen LogP contribution in [-0.2, 0) is 29.0 Å². The van der Waals surface area contributed by atoms with E-state index < -0.39 is 11.9 Å². The molecule has 0 saturated carbocycles. The standard InChI is InChI=1S/C28H29Cl2FN2O2/c1-2-3-15-32-28(35)26(17-20-9-5-4-6-10-20)33(19-21-13-14-23(29)24(30)16-21)27(34)18-22-11-7-8-12-25(22)31/h4-14,16,26H,2-3,15,17-19H2,1H3,(H,32,35)/t26-/m0/s1. The van der Waals surface area contributed by atoms with Gasteiger partial charge in [0.05, 0.1) is 16.5 Å². The number of hydrogen-bond acceptors (Lipinski definition) is 2. The second-order valence-corrected chi connectivity index (χ2v) is 9.20. The summed E-state index contributed by atoms with van der Waals surface area (Å²) in [6.45, 7) is 2.69. The molecule has 0 spiro atoms. The maximum absolute atomic E-state index is 14.4. The van der Waals surface area contributed by atoms with Gasteiger partial charge in [0, 0.05) is 19.5 Å². The molecule has 0 saturated heterocycles. The Morgan fingerprint density at radius 2 is 1.66 bits per heavy atom. The molecule has 184 valence electrons. The van der Waals surface area contributed by atoms with Crippen molar-refractivity contribution in [3.8, 4) is 0 Å². The van der Waals surface area contributed by atoms with Gasteiger partial charge in [-0.1, -0.05) is 91.1 Å². The molecular weight excluding hydrogens is 486 g/mol. The molecule has 35 heavy (non-hydrogen) atoms. The number of nitrogens with zero attached hydrogens (tertiary/aromatic N) is 1. The van der Waals surface area contributed by atoms with Crippen molar-refractivity contribution in [3.63, 3.8) is 0 Å². The summed E-state index contributed by atoms with van der Waals surface area (Å²) < 4.78 is 14.4. The molecule has 3 aromatic carbocycles. The average molecular weight is 515 g/mol. The van der Waals surface area contributed by atoms with Crippen molar-refractivity contribution in [2.45, 2.75) is 45.2 Å². The van der Waals surface area contributed by atoms with Gasteiger partial charge in [-0.05, 0) is 41.3 Å². The Morgan fingerprint density at radius 1 is 0.943 bits per heavy atom. The summed E-state index contributed by atoms with van der Waals surface area (Å²) in [5.74, 6) is -1.06. The van der Waals surface area contributed by atoms with Gasteiger partial charge in [0.2, 0.25) is 11.8 Å². The fourth-order valence-corrected chi connectivity index (χ4v) is 4.12. The highest BCUT2D eigenvalue weighted by atomic mass is 35.5. The fourth-order valence-electron chi connectivity index (χ4n) is 3.80. The zero-order chi connectivity index (χ0) is 25.2. The Kier molecular flexibility index (Phi) is 10.1. The van der Waals surface area contributed by atoms with Gasteiger partial charge in [0.15, 0.2) is 0 Å². The summed E-state index contributed by atoms with van der Waals surface area (Å²) in [4.78, 5) is 28.5. The number of carbonyl (C=O) groups is 2. The largest absolute Gasteiger partial charge is 0.354 e. The first-order valence-electron chi connectivity index (χ1n) is 11.7. The lowest BCUT2D eigenvalue weighted by Gasteiger charge is -2.32. The zero-order valence-electron chi connectivity index (χ0n) is 19.6. The monoisotopic (exact) mass is 514 g/mol. The van der Waals surface area contributed by atoms with Crippen LogP contribution in [0.1, 0.15) is 36.5 Å². The molecule has 0 aliphatic rings. The smallest absolute Gasteiger partial charge is 0.243 e. The van der Waals surface area contributed by atoms with Crippen molar-refractivity contribution in [1.82, 2.24) is 10.2 Å². The molecule has 0 unspecified atom stereocenters. The maximum Gasteiger partial charge on any atom is 0.243 e. The van der Waals surface area contributed by atoms with Crippen molar-refractivity contribution in [2.75, 3.05) is 6.54 Å². The van der Waals surface area contributed by atoms with Crippen molar-refractivity contribution in [3.05, 3.63) is 105 Å². The first-order chi connectivity index (χ1) is 16.9. The summed E-state index contributed by atoms with van der Waals surface area (Å²) in [6.07, 6.45) is 1.92. The van der Waals surface area contributed by atoms with Crippen LogP contribution in [0.5, 0.6) is 0 Å². The summed E-state index contributed by atoms with van der Waals surface area (Å²) in [6, 6.07) is 20.0. The molecule has 2 amide bonds. The van der Waals surface area contributed by atoms with Crippen LogP contribution in [0.25, 0.3) is 0 Å². The number of rotatable bonds is 11. The molecule has 1 N–H and O–H groups in total. The first-order valence-corrected chi connectivity index (χ1v) is 12.4. The Labute approximate surface area is 216 Å². The topological polar surface area (TPSA) is 49.4 Å². The molecule has 0 bridgehead atoms. The molecular formula is C28H29Cl2FN2O2. The third-order valence-corrected chi connectivity index (χ3v) is 6.48. The Hall–Kier alpha value is -2.89. The molecule has 7 heteroatoms. The summed E-state index contributed by atoms with van der Waals surface area (Å²) in [5.41, 5.74) is 1.92. The molecule has 0 fully saturated rings. The van der Waals surface area contributed by atoms with Gasteiger partial charge < -0.3 is 10.2 Å². The van der Waals surface area contributed by atoms with Crippen LogP contribution in [0.2, 0.25) is 10.0 Å². The highest BCUT2D eigenvalue weighted by Gasteiger charge is 2.30. The van der Waals surface area contributed by atoms with Gasteiger partial charge in [-0.15, -0.1) is 0 Å². The number of carbonyl (C=O) groups excluding carboxylic acids is 2. The minimum atomic E-state index is -0.789. The third-order valence-electron chi connectivity index (χ3n) is 5.74. The van der Waals surface area contributed by atoms with E-state index >= 15 is 0 Å². The van der Waals surface area contributed by atoms with Crippen molar-refractivity contribution in [1.29, 1.82) is 0 Å². The average Bonchev–Trinajstić information content (AvgIpc) is 2.85. The SMILES string of the molecule is CCCCNC(=O)[C@H](Cc1ccccc1)N(Cc1ccc(Cl)c(Cl)c1)C(=O)Cc1ccccc1F.